The predicted molar refractivity (Wildman–Crippen MR) is 87.1 cm³/mol. The van der Waals surface area contributed by atoms with Gasteiger partial charge in [-0.1, -0.05) is 30.3 Å². The molecule has 0 fully saturated rings. The Morgan fingerprint density at radius 2 is 1.77 bits per heavy atom. The quantitative estimate of drug-likeness (QED) is 0.922. The number of ether oxygens (including phenoxy) is 1. The molecule has 3 rings (SSSR count). The Morgan fingerprint density at radius 1 is 1.05 bits per heavy atom. The second-order valence-electron chi connectivity index (χ2n) is 5.66. The van der Waals surface area contributed by atoms with Gasteiger partial charge in [0.25, 0.3) is 5.91 Å². The molecule has 4 heteroatoms. The van der Waals surface area contributed by atoms with E-state index in [0.29, 0.717) is 13.2 Å². The molecule has 1 N–H and O–H groups in total. The minimum Gasteiger partial charge on any atom is -0.492 e. The molecular formula is C18H20N2O2. The highest BCUT2D eigenvalue weighted by Gasteiger charge is 2.22. The van der Waals surface area contributed by atoms with Crippen LogP contribution in [0.3, 0.4) is 0 Å². The predicted octanol–water partition coefficient (Wildman–Crippen LogP) is 2.54. The Morgan fingerprint density at radius 3 is 2.59 bits per heavy atom. The summed E-state index contributed by atoms with van der Waals surface area (Å²) in [5.74, 6) is 0.861. The molecular weight excluding hydrogens is 276 g/mol. The molecule has 2 aromatic carbocycles. The molecule has 1 heterocycles. The highest BCUT2D eigenvalue weighted by Crippen LogP contribution is 2.35. The first kappa shape index (κ1) is 14.6. The van der Waals surface area contributed by atoms with Crippen molar-refractivity contribution in [2.24, 2.45) is 0 Å². The molecule has 1 aliphatic rings. The third kappa shape index (κ3) is 2.83. The topological polar surface area (TPSA) is 41.6 Å². The second kappa shape index (κ2) is 6.20. The van der Waals surface area contributed by atoms with Gasteiger partial charge >= 0.3 is 0 Å². The van der Waals surface area contributed by atoms with Crippen molar-refractivity contribution in [3.63, 3.8) is 0 Å². The van der Waals surface area contributed by atoms with Crippen LogP contribution in [0, 0.1) is 0 Å². The molecule has 4 nitrogen and oxygen atoms in total. The van der Waals surface area contributed by atoms with Crippen molar-refractivity contribution in [2.45, 2.75) is 6.54 Å². The number of amides is 1. The van der Waals surface area contributed by atoms with Crippen molar-refractivity contribution in [1.29, 1.82) is 0 Å². The maximum atomic E-state index is 11.8. The van der Waals surface area contributed by atoms with Gasteiger partial charge in [-0.25, -0.2) is 0 Å². The number of para-hydroxylation sites is 1. The third-order valence-corrected chi connectivity index (χ3v) is 3.82. The van der Waals surface area contributed by atoms with Gasteiger partial charge < -0.3 is 15.0 Å². The van der Waals surface area contributed by atoms with Gasteiger partial charge in [0.05, 0.1) is 0 Å². The van der Waals surface area contributed by atoms with Gasteiger partial charge in [-0.05, 0) is 37.4 Å². The van der Waals surface area contributed by atoms with E-state index in [1.165, 1.54) is 0 Å². The number of likely N-dealkylation sites (N-methyl/N-ethyl adjacent to an activating group) is 1. The Kier molecular flexibility index (Phi) is 4.11. The van der Waals surface area contributed by atoms with E-state index in [4.69, 9.17) is 4.74 Å². The molecule has 22 heavy (non-hydrogen) atoms. The lowest BCUT2D eigenvalue weighted by atomic mass is 9.96. The van der Waals surface area contributed by atoms with Crippen molar-refractivity contribution < 1.29 is 9.53 Å². The van der Waals surface area contributed by atoms with E-state index in [0.717, 1.165) is 34.5 Å². The molecule has 0 aromatic heterocycles. The van der Waals surface area contributed by atoms with Gasteiger partial charge in [-0.15, -0.1) is 0 Å². The number of nitrogens with one attached hydrogen (secondary N) is 1. The van der Waals surface area contributed by atoms with Crippen molar-refractivity contribution in [1.82, 2.24) is 10.2 Å². The van der Waals surface area contributed by atoms with Crippen LogP contribution in [0.2, 0.25) is 0 Å². The normalized spacial score (nSPS) is 13.1. The summed E-state index contributed by atoms with van der Waals surface area (Å²) in [6.07, 6.45) is 0. The van der Waals surface area contributed by atoms with Crippen LogP contribution in [0.1, 0.15) is 15.9 Å². The molecule has 0 unspecified atom stereocenters. The van der Waals surface area contributed by atoms with Gasteiger partial charge in [-0.3, -0.25) is 4.79 Å². The van der Waals surface area contributed by atoms with Gasteiger partial charge in [0, 0.05) is 24.2 Å². The van der Waals surface area contributed by atoms with Gasteiger partial charge in [-0.2, -0.15) is 0 Å². The van der Waals surface area contributed by atoms with Crippen molar-refractivity contribution in [3.05, 3.63) is 53.6 Å². The summed E-state index contributed by atoms with van der Waals surface area (Å²) in [5, 5.41) is 2.89. The number of rotatable bonds is 5. The molecule has 0 bridgehead atoms. The van der Waals surface area contributed by atoms with Crippen LogP contribution in [-0.2, 0) is 6.54 Å². The van der Waals surface area contributed by atoms with Crippen molar-refractivity contribution in [3.8, 4) is 16.9 Å². The highest BCUT2D eigenvalue weighted by molar-refractivity contribution is 6.00. The molecule has 0 atom stereocenters. The van der Waals surface area contributed by atoms with Gasteiger partial charge in [0.2, 0.25) is 0 Å². The number of fused-ring (bicyclic) bond motifs is 1. The highest BCUT2D eigenvalue weighted by atomic mass is 16.5. The van der Waals surface area contributed by atoms with E-state index in [2.05, 4.69) is 10.2 Å². The van der Waals surface area contributed by atoms with Crippen molar-refractivity contribution in [2.75, 3.05) is 27.2 Å². The second-order valence-corrected chi connectivity index (χ2v) is 5.66. The fraction of sp³-hybridized carbons (Fsp3) is 0.278. The van der Waals surface area contributed by atoms with Crippen LogP contribution in [0.25, 0.3) is 11.1 Å². The lowest BCUT2D eigenvalue weighted by Crippen LogP contribution is -2.19. The van der Waals surface area contributed by atoms with Gasteiger partial charge in [0.15, 0.2) is 0 Å². The van der Waals surface area contributed by atoms with Crippen molar-refractivity contribution >= 4 is 5.91 Å². The third-order valence-electron chi connectivity index (χ3n) is 3.82. The van der Waals surface area contributed by atoms with Crippen LogP contribution in [-0.4, -0.2) is 38.1 Å². The first-order chi connectivity index (χ1) is 10.7. The van der Waals surface area contributed by atoms with E-state index in [1.807, 2.05) is 56.6 Å². The molecule has 0 saturated heterocycles. The van der Waals surface area contributed by atoms with Crippen LogP contribution in [0.15, 0.2) is 42.5 Å². The standard InChI is InChI=1S/C18H20N2O2/c1-20(2)10-11-22-17-9-4-3-6-14(17)13-7-5-8-15-16(13)12-19-18(15)21/h3-9H,10-12H2,1-2H3,(H,19,21). The summed E-state index contributed by atoms with van der Waals surface area (Å²) < 4.78 is 5.94. The SMILES string of the molecule is CN(C)CCOc1ccccc1-c1cccc2c1CNC2=O. The maximum absolute atomic E-state index is 11.8. The summed E-state index contributed by atoms with van der Waals surface area (Å²) in [6, 6.07) is 13.8. The maximum Gasteiger partial charge on any atom is 0.251 e. The lowest BCUT2D eigenvalue weighted by Gasteiger charge is -2.15. The van der Waals surface area contributed by atoms with Crippen LogP contribution in [0.5, 0.6) is 5.75 Å². The molecule has 2 aromatic rings. The summed E-state index contributed by atoms with van der Waals surface area (Å²) in [7, 11) is 4.05. The fourth-order valence-corrected chi connectivity index (χ4v) is 2.66. The molecule has 114 valence electrons. The zero-order valence-corrected chi connectivity index (χ0v) is 12.9. The van der Waals surface area contributed by atoms with E-state index in [1.54, 1.807) is 0 Å². The minimum absolute atomic E-state index is 0.00265. The van der Waals surface area contributed by atoms with E-state index < -0.39 is 0 Å². The molecule has 0 aliphatic carbocycles. The van der Waals surface area contributed by atoms with E-state index >= 15 is 0 Å². The Bertz CT molecular complexity index is 695. The Labute approximate surface area is 130 Å². The first-order valence-corrected chi connectivity index (χ1v) is 7.44. The minimum atomic E-state index is 0.00265. The summed E-state index contributed by atoms with van der Waals surface area (Å²) in [5.41, 5.74) is 3.92. The number of carbonyl (C=O) groups is 1. The van der Waals surface area contributed by atoms with Crippen LogP contribution >= 0.6 is 0 Å². The van der Waals surface area contributed by atoms with E-state index in [9.17, 15) is 4.79 Å². The average Bonchev–Trinajstić information content (AvgIpc) is 2.89. The number of nitrogens with zero attached hydrogens (tertiary/aromatic N) is 1. The average molecular weight is 296 g/mol. The zero-order valence-electron chi connectivity index (χ0n) is 12.9. The van der Waals surface area contributed by atoms with Crippen LogP contribution in [0.4, 0.5) is 0 Å². The van der Waals surface area contributed by atoms with Crippen LogP contribution < -0.4 is 10.1 Å². The Hall–Kier alpha value is -2.33. The summed E-state index contributed by atoms with van der Waals surface area (Å²) in [6.45, 7) is 2.08. The number of hydrogen-bond donors (Lipinski definition) is 1. The summed E-state index contributed by atoms with van der Waals surface area (Å²) in [4.78, 5) is 13.9. The molecule has 1 amide bonds. The zero-order chi connectivity index (χ0) is 15.5. The number of benzene rings is 2. The largest absolute Gasteiger partial charge is 0.492 e. The lowest BCUT2D eigenvalue weighted by molar-refractivity contribution is 0.0966. The molecule has 0 spiro atoms. The molecule has 0 radical (unpaired) electrons. The Balaban J connectivity index is 1.94. The number of hydrogen-bond acceptors (Lipinski definition) is 3. The molecule has 1 aliphatic heterocycles. The fourth-order valence-electron chi connectivity index (χ4n) is 2.66. The smallest absolute Gasteiger partial charge is 0.251 e. The van der Waals surface area contributed by atoms with Gasteiger partial charge in [0.1, 0.15) is 12.4 Å². The number of carbonyl (C=O) groups excluding carboxylic acids is 1. The first-order valence-electron chi connectivity index (χ1n) is 7.44. The monoisotopic (exact) mass is 296 g/mol. The molecule has 0 saturated carbocycles. The van der Waals surface area contributed by atoms with E-state index in [-0.39, 0.29) is 5.91 Å². The summed E-state index contributed by atoms with van der Waals surface area (Å²) >= 11 is 0.